The van der Waals surface area contributed by atoms with Crippen molar-refractivity contribution in [2.45, 2.75) is 45.8 Å². The average Bonchev–Trinajstić information content (AvgIpc) is 2.74. The van der Waals surface area contributed by atoms with Gasteiger partial charge in [-0.15, -0.1) is 0 Å². The second kappa shape index (κ2) is 7.45. The average molecular weight is 293 g/mol. The molecule has 1 fully saturated rings. The summed E-state index contributed by atoms with van der Waals surface area (Å²) in [6.45, 7) is 6.55. The molecule has 1 aromatic rings. The van der Waals surface area contributed by atoms with Gasteiger partial charge in [0.15, 0.2) is 5.96 Å². The summed E-state index contributed by atoms with van der Waals surface area (Å²) in [5.74, 6) is 0.812. The van der Waals surface area contributed by atoms with Crippen LogP contribution < -0.4 is 10.6 Å². The number of aromatic nitrogens is 2. The molecule has 2 rings (SSSR count). The van der Waals surface area contributed by atoms with Gasteiger partial charge in [0.25, 0.3) is 0 Å². The molecule has 1 aliphatic rings. The molecule has 1 unspecified atom stereocenters. The fraction of sp³-hybridized carbons (Fsp3) is 0.733. The quantitative estimate of drug-likeness (QED) is 0.648. The van der Waals surface area contributed by atoms with Crippen LogP contribution in [0.25, 0.3) is 0 Å². The molecule has 6 nitrogen and oxygen atoms in total. The zero-order valence-electron chi connectivity index (χ0n) is 13.6. The molecular weight excluding hydrogens is 266 g/mol. The van der Waals surface area contributed by atoms with Gasteiger partial charge >= 0.3 is 0 Å². The Morgan fingerprint density at radius 1 is 1.38 bits per heavy atom. The largest absolute Gasteiger partial charge is 0.376 e. The van der Waals surface area contributed by atoms with E-state index in [0.717, 1.165) is 37.8 Å². The van der Waals surface area contributed by atoms with Crippen LogP contribution in [0.3, 0.4) is 0 Å². The maximum Gasteiger partial charge on any atom is 0.191 e. The molecule has 0 aliphatic carbocycles. The summed E-state index contributed by atoms with van der Waals surface area (Å²) in [4.78, 5) is 4.27. The third-order valence-electron chi connectivity index (χ3n) is 4.09. The van der Waals surface area contributed by atoms with Crippen molar-refractivity contribution in [3.63, 3.8) is 0 Å². The number of hydrogen-bond donors (Lipinski definition) is 2. The predicted octanol–water partition coefficient (Wildman–Crippen LogP) is 1.27. The third-order valence-corrected chi connectivity index (χ3v) is 4.09. The van der Waals surface area contributed by atoms with Crippen LogP contribution in [0.5, 0.6) is 0 Å². The highest BCUT2D eigenvalue weighted by Gasteiger charge is 2.14. The zero-order valence-corrected chi connectivity index (χ0v) is 13.6. The van der Waals surface area contributed by atoms with Gasteiger partial charge in [-0.2, -0.15) is 5.10 Å². The van der Waals surface area contributed by atoms with Gasteiger partial charge in [-0.1, -0.05) is 0 Å². The van der Waals surface area contributed by atoms with E-state index in [1.807, 2.05) is 18.7 Å². The maximum absolute atomic E-state index is 5.72. The topological polar surface area (TPSA) is 63.5 Å². The highest BCUT2D eigenvalue weighted by molar-refractivity contribution is 5.79. The van der Waals surface area contributed by atoms with E-state index in [2.05, 4.69) is 27.6 Å². The molecule has 1 aliphatic heterocycles. The van der Waals surface area contributed by atoms with Crippen LogP contribution in [0, 0.1) is 13.8 Å². The zero-order chi connectivity index (χ0) is 15.2. The van der Waals surface area contributed by atoms with Gasteiger partial charge in [0.1, 0.15) is 0 Å². The van der Waals surface area contributed by atoms with Crippen LogP contribution in [-0.4, -0.2) is 42.0 Å². The Hall–Kier alpha value is -1.56. The minimum Gasteiger partial charge on any atom is -0.376 e. The van der Waals surface area contributed by atoms with Crippen LogP contribution in [0.15, 0.2) is 4.99 Å². The number of ether oxygens (including phenoxy) is 1. The Balaban J connectivity index is 1.82. The Labute approximate surface area is 127 Å². The van der Waals surface area contributed by atoms with E-state index >= 15 is 0 Å². The molecular formula is C15H27N5O. The Bertz CT molecular complexity index is 488. The van der Waals surface area contributed by atoms with Gasteiger partial charge in [0.2, 0.25) is 0 Å². The molecule has 0 aromatic carbocycles. The van der Waals surface area contributed by atoms with Gasteiger partial charge in [-0.3, -0.25) is 9.67 Å². The van der Waals surface area contributed by atoms with E-state index in [-0.39, 0.29) is 0 Å². The van der Waals surface area contributed by atoms with Crippen molar-refractivity contribution in [1.82, 2.24) is 20.4 Å². The lowest BCUT2D eigenvalue weighted by atomic mass is 10.1. The van der Waals surface area contributed by atoms with Crippen LogP contribution in [0.2, 0.25) is 0 Å². The first kappa shape index (κ1) is 15.8. The van der Waals surface area contributed by atoms with Gasteiger partial charge < -0.3 is 15.4 Å². The van der Waals surface area contributed by atoms with Gasteiger partial charge in [-0.25, -0.2) is 0 Å². The van der Waals surface area contributed by atoms with Crippen molar-refractivity contribution >= 4 is 5.96 Å². The molecule has 1 atom stereocenters. The number of guanidine groups is 1. The molecule has 118 valence electrons. The van der Waals surface area contributed by atoms with E-state index in [9.17, 15) is 0 Å². The second-order valence-corrected chi connectivity index (χ2v) is 5.57. The van der Waals surface area contributed by atoms with Crippen molar-refractivity contribution in [3.8, 4) is 0 Å². The summed E-state index contributed by atoms with van der Waals surface area (Å²) in [7, 11) is 3.76. The smallest absolute Gasteiger partial charge is 0.191 e. The summed E-state index contributed by atoms with van der Waals surface area (Å²) in [6.07, 6.45) is 3.87. The van der Waals surface area contributed by atoms with Gasteiger partial charge in [0, 0.05) is 45.0 Å². The molecule has 0 radical (unpaired) electrons. The lowest BCUT2D eigenvalue weighted by Gasteiger charge is -2.23. The van der Waals surface area contributed by atoms with Crippen LogP contribution in [-0.2, 0) is 18.3 Å². The minimum absolute atomic E-state index is 0.305. The van der Waals surface area contributed by atoms with Crippen LogP contribution in [0.4, 0.5) is 0 Å². The maximum atomic E-state index is 5.72. The monoisotopic (exact) mass is 293 g/mol. The van der Waals surface area contributed by atoms with Gasteiger partial charge in [0.05, 0.1) is 11.8 Å². The standard InChI is InChI=1S/C15H27N5O/c1-11-14(12(2)20(4)19-11)10-18-15(16-3)17-9-13-7-5-6-8-21-13/h13H,5-10H2,1-4H3,(H2,16,17,18). The number of aryl methyl sites for hydroxylation is 2. The highest BCUT2D eigenvalue weighted by atomic mass is 16.5. The summed E-state index contributed by atoms with van der Waals surface area (Å²) in [5, 5.41) is 11.1. The van der Waals surface area contributed by atoms with E-state index < -0.39 is 0 Å². The van der Waals surface area contributed by atoms with E-state index in [1.54, 1.807) is 7.05 Å². The van der Waals surface area contributed by atoms with Crippen molar-refractivity contribution in [2.75, 3.05) is 20.2 Å². The lowest BCUT2D eigenvalue weighted by Crippen LogP contribution is -2.42. The minimum atomic E-state index is 0.305. The molecule has 2 heterocycles. The number of hydrogen-bond acceptors (Lipinski definition) is 3. The molecule has 0 bridgehead atoms. The highest BCUT2D eigenvalue weighted by Crippen LogP contribution is 2.12. The first-order valence-electron chi connectivity index (χ1n) is 7.67. The fourth-order valence-corrected chi connectivity index (χ4v) is 2.64. The van der Waals surface area contributed by atoms with E-state index in [0.29, 0.717) is 6.10 Å². The van der Waals surface area contributed by atoms with Crippen LogP contribution in [0.1, 0.15) is 36.2 Å². The Kier molecular flexibility index (Phi) is 5.61. The summed E-state index contributed by atoms with van der Waals surface area (Å²) >= 11 is 0. The molecule has 21 heavy (non-hydrogen) atoms. The molecule has 0 spiro atoms. The lowest BCUT2D eigenvalue weighted by molar-refractivity contribution is 0.0194. The molecule has 2 N–H and O–H groups in total. The molecule has 0 amide bonds. The summed E-state index contributed by atoms with van der Waals surface area (Å²) < 4.78 is 7.63. The van der Waals surface area contributed by atoms with Crippen molar-refractivity contribution in [2.24, 2.45) is 12.0 Å². The molecule has 6 heteroatoms. The number of aliphatic imine (C=N–C) groups is 1. The molecule has 0 saturated carbocycles. The van der Waals surface area contributed by atoms with Gasteiger partial charge in [-0.05, 0) is 33.1 Å². The third kappa shape index (κ3) is 4.20. The summed E-state index contributed by atoms with van der Waals surface area (Å²) in [5.41, 5.74) is 3.48. The second-order valence-electron chi connectivity index (χ2n) is 5.57. The SMILES string of the molecule is CN=C(NCc1c(C)nn(C)c1C)NCC1CCCCO1. The fourth-order valence-electron chi connectivity index (χ4n) is 2.64. The van der Waals surface area contributed by atoms with Crippen molar-refractivity contribution < 1.29 is 4.74 Å². The first-order valence-corrected chi connectivity index (χ1v) is 7.67. The predicted molar refractivity (Wildman–Crippen MR) is 84.5 cm³/mol. The number of rotatable bonds is 4. The Morgan fingerprint density at radius 3 is 2.76 bits per heavy atom. The number of nitrogens with zero attached hydrogens (tertiary/aromatic N) is 3. The van der Waals surface area contributed by atoms with Crippen LogP contribution >= 0.6 is 0 Å². The summed E-state index contributed by atoms with van der Waals surface area (Å²) in [6, 6.07) is 0. The molecule has 1 aromatic heterocycles. The van der Waals surface area contributed by atoms with E-state index in [1.165, 1.54) is 24.1 Å². The normalized spacial score (nSPS) is 19.6. The van der Waals surface area contributed by atoms with Crippen molar-refractivity contribution in [1.29, 1.82) is 0 Å². The number of nitrogens with one attached hydrogen (secondary N) is 2. The first-order chi connectivity index (χ1) is 10.1. The Morgan fingerprint density at radius 2 is 2.19 bits per heavy atom. The van der Waals surface area contributed by atoms with E-state index in [4.69, 9.17) is 4.74 Å². The molecule has 1 saturated heterocycles. The van der Waals surface area contributed by atoms with Crippen molar-refractivity contribution in [3.05, 3.63) is 17.0 Å².